The Morgan fingerprint density at radius 3 is 2.30 bits per heavy atom. The molecular formula is C22H16ClF3N2O2. The molecule has 0 saturated heterocycles. The van der Waals surface area contributed by atoms with E-state index >= 15 is 0 Å². The van der Waals surface area contributed by atoms with Crippen LogP contribution >= 0.6 is 11.6 Å². The van der Waals surface area contributed by atoms with E-state index in [9.17, 15) is 23.1 Å². The minimum atomic E-state index is -4.51. The van der Waals surface area contributed by atoms with Crippen LogP contribution in [0.15, 0.2) is 78.6 Å². The number of hydrogen-bond acceptors (Lipinski definition) is 4. The van der Waals surface area contributed by atoms with Crippen LogP contribution in [0.3, 0.4) is 0 Å². The van der Waals surface area contributed by atoms with Crippen molar-refractivity contribution in [2.24, 2.45) is 5.73 Å². The monoisotopic (exact) mass is 432 g/mol. The van der Waals surface area contributed by atoms with Crippen LogP contribution in [0.2, 0.25) is 5.02 Å². The van der Waals surface area contributed by atoms with Crippen LogP contribution in [-0.2, 0) is 6.18 Å². The second-order valence-corrected chi connectivity index (χ2v) is 6.87. The number of aromatic nitrogens is 1. The van der Waals surface area contributed by atoms with Crippen molar-refractivity contribution in [1.29, 1.82) is 0 Å². The van der Waals surface area contributed by atoms with Crippen molar-refractivity contribution in [3.63, 3.8) is 0 Å². The molecule has 0 radical (unpaired) electrons. The van der Waals surface area contributed by atoms with Crippen molar-refractivity contribution in [3.8, 4) is 0 Å². The summed E-state index contributed by atoms with van der Waals surface area (Å²) < 4.78 is 38.6. The third-order valence-corrected chi connectivity index (χ3v) is 4.65. The number of hydrogen-bond donors (Lipinski definition) is 2. The fraction of sp³-hybridized carbons (Fsp3) is 0.0909. The predicted molar refractivity (Wildman–Crippen MR) is 108 cm³/mol. The molecule has 1 atom stereocenters. The largest absolute Gasteiger partial charge is 0.416 e. The van der Waals surface area contributed by atoms with Crippen LogP contribution < -0.4 is 5.73 Å². The molecule has 30 heavy (non-hydrogen) atoms. The van der Waals surface area contributed by atoms with Gasteiger partial charge in [-0.1, -0.05) is 41.9 Å². The minimum Gasteiger partial charge on any atom is -0.398 e. The standard InChI is InChI=1S/C22H16ClF3N2O2/c23-17-5-1-3-14(11-17)20(29)18(21(30)15-4-2-10-28-12-15)19(27)13-6-8-16(9-7-13)22(24,25)26/h1-12,21,30H,27H2. The maximum absolute atomic E-state index is 13.2. The van der Waals surface area contributed by atoms with Crippen molar-refractivity contribution in [2.45, 2.75) is 12.3 Å². The molecule has 0 spiro atoms. The number of halogens is 4. The first kappa shape index (κ1) is 21.5. The van der Waals surface area contributed by atoms with Gasteiger partial charge in [-0.05, 0) is 35.9 Å². The van der Waals surface area contributed by atoms with Gasteiger partial charge in [0.25, 0.3) is 0 Å². The van der Waals surface area contributed by atoms with Crippen molar-refractivity contribution < 1.29 is 23.1 Å². The normalized spacial score (nSPS) is 13.5. The number of nitrogens with two attached hydrogens (primary N) is 1. The summed E-state index contributed by atoms with van der Waals surface area (Å²) in [7, 11) is 0. The molecule has 154 valence electrons. The molecule has 0 aliphatic rings. The van der Waals surface area contributed by atoms with Crippen molar-refractivity contribution in [2.75, 3.05) is 0 Å². The highest BCUT2D eigenvalue weighted by Gasteiger charge is 2.31. The molecule has 3 aromatic rings. The van der Waals surface area contributed by atoms with Crippen LogP contribution in [0.4, 0.5) is 13.2 Å². The highest BCUT2D eigenvalue weighted by molar-refractivity contribution is 6.31. The lowest BCUT2D eigenvalue weighted by Gasteiger charge is -2.18. The highest BCUT2D eigenvalue weighted by Crippen LogP contribution is 2.32. The molecule has 0 amide bonds. The van der Waals surface area contributed by atoms with E-state index in [0.29, 0.717) is 10.6 Å². The minimum absolute atomic E-state index is 0.148. The molecule has 1 unspecified atom stereocenters. The Hall–Kier alpha value is -3.16. The Morgan fingerprint density at radius 2 is 1.73 bits per heavy atom. The predicted octanol–water partition coefficient (Wildman–Crippen LogP) is 5.04. The summed E-state index contributed by atoms with van der Waals surface area (Å²) in [5.74, 6) is -0.605. The molecule has 0 bridgehead atoms. The van der Waals surface area contributed by atoms with Gasteiger partial charge in [-0.25, -0.2) is 0 Å². The maximum Gasteiger partial charge on any atom is 0.416 e. The zero-order valence-electron chi connectivity index (χ0n) is 15.4. The number of carbonyl (C=O) groups excluding carboxylic acids is 1. The fourth-order valence-electron chi connectivity index (χ4n) is 2.88. The number of Topliss-reactive ketones (excluding diaryl/α,β-unsaturated/α-hetero) is 1. The lowest BCUT2D eigenvalue weighted by Crippen LogP contribution is -2.18. The van der Waals surface area contributed by atoms with Crippen molar-refractivity contribution >= 4 is 23.1 Å². The van der Waals surface area contributed by atoms with Gasteiger partial charge in [0.1, 0.15) is 6.10 Å². The summed E-state index contributed by atoms with van der Waals surface area (Å²) in [6.07, 6.45) is -3.09. The Balaban J connectivity index is 2.13. The van der Waals surface area contributed by atoms with Crippen LogP contribution in [0.5, 0.6) is 0 Å². The average molecular weight is 433 g/mol. The number of alkyl halides is 3. The van der Waals surface area contributed by atoms with Gasteiger partial charge in [-0.2, -0.15) is 13.2 Å². The zero-order valence-corrected chi connectivity index (χ0v) is 16.2. The zero-order chi connectivity index (χ0) is 21.9. The van der Waals surface area contributed by atoms with Gasteiger partial charge in [-0.3, -0.25) is 9.78 Å². The smallest absolute Gasteiger partial charge is 0.398 e. The molecule has 8 heteroatoms. The molecule has 0 fully saturated rings. The van der Waals surface area contributed by atoms with E-state index in [0.717, 1.165) is 24.3 Å². The van der Waals surface area contributed by atoms with Gasteiger partial charge < -0.3 is 10.8 Å². The van der Waals surface area contributed by atoms with E-state index in [4.69, 9.17) is 17.3 Å². The highest BCUT2D eigenvalue weighted by atomic mass is 35.5. The molecule has 2 aromatic carbocycles. The van der Waals surface area contributed by atoms with E-state index in [1.807, 2.05) is 0 Å². The third kappa shape index (κ3) is 4.69. The van der Waals surface area contributed by atoms with E-state index in [1.54, 1.807) is 24.3 Å². The average Bonchev–Trinajstić information content (AvgIpc) is 2.73. The van der Waals surface area contributed by atoms with E-state index in [1.165, 1.54) is 24.5 Å². The molecule has 0 saturated carbocycles. The van der Waals surface area contributed by atoms with Gasteiger partial charge in [0.15, 0.2) is 5.78 Å². The number of aliphatic hydroxyl groups excluding tert-OH is 1. The number of aliphatic hydroxyl groups is 1. The number of rotatable bonds is 5. The second-order valence-electron chi connectivity index (χ2n) is 6.43. The van der Waals surface area contributed by atoms with Gasteiger partial charge in [0, 0.05) is 34.2 Å². The summed E-state index contributed by atoms with van der Waals surface area (Å²) >= 11 is 5.97. The molecule has 0 aliphatic carbocycles. The lowest BCUT2D eigenvalue weighted by atomic mass is 9.91. The van der Waals surface area contributed by atoms with Crippen LogP contribution in [0.1, 0.15) is 33.2 Å². The first-order valence-corrected chi connectivity index (χ1v) is 9.12. The number of nitrogens with zero attached hydrogens (tertiary/aromatic N) is 1. The molecule has 3 N–H and O–H groups in total. The summed E-state index contributed by atoms with van der Waals surface area (Å²) in [5.41, 5.74) is 5.63. The van der Waals surface area contributed by atoms with Crippen LogP contribution in [0.25, 0.3) is 5.70 Å². The summed E-state index contributed by atoms with van der Waals surface area (Å²) in [5, 5.41) is 11.2. The van der Waals surface area contributed by atoms with Crippen molar-refractivity contribution in [3.05, 3.63) is 106 Å². The Morgan fingerprint density at radius 1 is 1.03 bits per heavy atom. The van der Waals surface area contributed by atoms with Crippen molar-refractivity contribution in [1.82, 2.24) is 4.98 Å². The number of ketones is 1. The Labute approximate surface area is 175 Å². The quantitative estimate of drug-likeness (QED) is 0.437. The summed E-state index contributed by atoms with van der Waals surface area (Å²) in [6.45, 7) is 0. The SMILES string of the molecule is NC(=C(C(=O)c1cccc(Cl)c1)C(O)c1cccnc1)c1ccc(C(F)(F)F)cc1. The third-order valence-electron chi connectivity index (χ3n) is 4.42. The molecule has 4 nitrogen and oxygen atoms in total. The van der Waals surface area contributed by atoms with E-state index in [2.05, 4.69) is 4.98 Å². The second kappa shape index (κ2) is 8.69. The maximum atomic E-state index is 13.2. The van der Waals surface area contributed by atoms with Gasteiger partial charge in [-0.15, -0.1) is 0 Å². The van der Waals surface area contributed by atoms with Crippen LogP contribution in [-0.4, -0.2) is 15.9 Å². The molecule has 3 rings (SSSR count). The first-order chi connectivity index (χ1) is 14.2. The molecular weight excluding hydrogens is 417 g/mol. The summed E-state index contributed by atoms with van der Waals surface area (Å²) in [6, 6.07) is 13.2. The topological polar surface area (TPSA) is 76.2 Å². The fourth-order valence-corrected chi connectivity index (χ4v) is 3.07. The van der Waals surface area contributed by atoms with E-state index < -0.39 is 23.6 Å². The Bertz CT molecular complexity index is 1080. The summed E-state index contributed by atoms with van der Waals surface area (Å²) in [4.78, 5) is 17.1. The van der Waals surface area contributed by atoms with E-state index in [-0.39, 0.29) is 22.4 Å². The molecule has 1 heterocycles. The number of carbonyl (C=O) groups is 1. The van der Waals surface area contributed by atoms with Gasteiger partial charge in [0.2, 0.25) is 0 Å². The molecule has 0 aliphatic heterocycles. The lowest BCUT2D eigenvalue weighted by molar-refractivity contribution is -0.137. The van der Waals surface area contributed by atoms with Crippen LogP contribution in [0, 0.1) is 0 Å². The number of pyridine rings is 1. The Kier molecular flexibility index (Phi) is 6.24. The first-order valence-electron chi connectivity index (χ1n) is 8.74. The van der Waals surface area contributed by atoms with Gasteiger partial charge in [0.05, 0.1) is 11.1 Å². The number of benzene rings is 2. The molecule has 1 aromatic heterocycles. The van der Waals surface area contributed by atoms with Gasteiger partial charge >= 0.3 is 6.18 Å².